The molecular formula is C27H34N2O3. The molecule has 2 aliphatic rings. The van der Waals surface area contributed by atoms with E-state index >= 15 is 0 Å². The topological polar surface area (TPSA) is 49.9 Å². The summed E-state index contributed by atoms with van der Waals surface area (Å²) in [4.78, 5) is 29.9. The van der Waals surface area contributed by atoms with Crippen molar-refractivity contribution in [3.05, 3.63) is 59.7 Å². The lowest BCUT2D eigenvalue weighted by atomic mass is 9.93. The highest BCUT2D eigenvalue weighted by Gasteiger charge is 2.30. The number of amides is 1. The first-order chi connectivity index (χ1) is 15.7. The SMILES string of the molecule is CCOC(=O)c1ccc(-c2ccccc2)c(CN2CCCC(C(=O)N3CCCCC3)C2)c1. The Morgan fingerprint density at radius 3 is 2.50 bits per heavy atom. The Hall–Kier alpha value is -2.66. The summed E-state index contributed by atoms with van der Waals surface area (Å²) in [7, 11) is 0. The molecule has 2 heterocycles. The number of likely N-dealkylation sites (tertiary alicyclic amines) is 2. The van der Waals surface area contributed by atoms with Crippen LogP contribution in [0, 0.1) is 5.92 Å². The maximum Gasteiger partial charge on any atom is 0.338 e. The van der Waals surface area contributed by atoms with Crippen LogP contribution in [0.1, 0.15) is 54.9 Å². The summed E-state index contributed by atoms with van der Waals surface area (Å²) in [5.41, 5.74) is 3.95. The van der Waals surface area contributed by atoms with Crippen molar-refractivity contribution in [2.75, 3.05) is 32.8 Å². The van der Waals surface area contributed by atoms with Crippen LogP contribution in [0.3, 0.4) is 0 Å². The molecule has 2 aromatic carbocycles. The molecule has 1 amide bonds. The maximum absolute atomic E-state index is 13.1. The van der Waals surface area contributed by atoms with Gasteiger partial charge < -0.3 is 9.64 Å². The second-order valence-corrected chi connectivity index (χ2v) is 8.92. The van der Waals surface area contributed by atoms with Crippen molar-refractivity contribution in [2.45, 2.75) is 45.6 Å². The Morgan fingerprint density at radius 1 is 0.969 bits per heavy atom. The zero-order chi connectivity index (χ0) is 22.3. The minimum atomic E-state index is -0.287. The van der Waals surface area contributed by atoms with Crippen LogP contribution in [0.25, 0.3) is 11.1 Å². The zero-order valence-corrected chi connectivity index (χ0v) is 19.1. The van der Waals surface area contributed by atoms with Crippen LogP contribution >= 0.6 is 0 Å². The number of rotatable bonds is 6. The molecule has 2 fully saturated rings. The van der Waals surface area contributed by atoms with E-state index in [9.17, 15) is 9.59 Å². The molecule has 0 aliphatic carbocycles. The van der Waals surface area contributed by atoms with Gasteiger partial charge in [-0.3, -0.25) is 9.69 Å². The van der Waals surface area contributed by atoms with Gasteiger partial charge in [0.15, 0.2) is 0 Å². The van der Waals surface area contributed by atoms with E-state index in [4.69, 9.17) is 4.74 Å². The van der Waals surface area contributed by atoms with Crippen LogP contribution in [-0.4, -0.2) is 54.5 Å². The lowest BCUT2D eigenvalue weighted by Gasteiger charge is -2.36. The molecule has 4 rings (SSSR count). The molecule has 32 heavy (non-hydrogen) atoms. The van der Waals surface area contributed by atoms with Crippen molar-refractivity contribution in [2.24, 2.45) is 5.92 Å². The Balaban J connectivity index is 1.54. The monoisotopic (exact) mass is 434 g/mol. The maximum atomic E-state index is 13.1. The highest BCUT2D eigenvalue weighted by Crippen LogP contribution is 2.29. The number of benzene rings is 2. The molecule has 2 aromatic rings. The summed E-state index contributed by atoms with van der Waals surface area (Å²) >= 11 is 0. The molecule has 0 spiro atoms. The van der Waals surface area contributed by atoms with E-state index < -0.39 is 0 Å². The van der Waals surface area contributed by atoms with Crippen molar-refractivity contribution in [1.82, 2.24) is 9.80 Å². The zero-order valence-electron chi connectivity index (χ0n) is 19.1. The summed E-state index contributed by atoms with van der Waals surface area (Å²) in [6.07, 6.45) is 5.49. The van der Waals surface area contributed by atoms with Gasteiger partial charge in [-0.2, -0.15) is 0 Å². The molecule has 0 saturated carbocycles. The second-order valence-electron chi connectivity index (χ2n) is 8.92. The largest absolute Gasteiger partial charge is 0.462 e. The molecule has 2 saturated heterocycles. The number of nitrogens with zero attached hydrogens (tertiary/aromatic N) is 2. The smallest absolute Gasteiger partial charge is 0.338 e. The third-order valence-corrected chi connectivity index (χ3v) is 6.62. The summed E-state index contributed by atoms with van der Waals surface area (Å²) in [6, 6.07) is 16.1. The Labute approximate surface area is 191 Å². The molecule has 1 atom stereocenters. The van der Waals surface area contributed by atoms with Crippen LogP contribution < -0.4 is 0 Å². The molecule has 170 valence electrons. The quantitative estimate of drug-likeness (QED) is 0.616. The van der Waals surface area contributed by atoms with E-state index in [2.05, 4.69) is 21.9 Å². The van der Waals surface area contributed by atoms with Crippen molar-refractivity contribution in [3.8, 4) is 11.1 Å². The lowest BCUT2D eigenvalue weighted by molar-refractivity contribution is -0.138. The Bertz CT molecular complexity index is 922. The highest BCUT2D eigenvalue weighted by molar-refractivity contribution is 5.90. The molecule has 5 heteroatoms. The fraction of sp³-hybridized carbons (Fsp3) is 0.481. The van der Waals surface area contributed by atoms with Crippen LogP contribution in [0.15, 0.2) is 48.5 Å². The second kappa shape index (κ2) is 10.8. The summed E-state index contributed by atoms with van der Waals surface area (Å²) in [6.45, 7) is 6.49. The van der Waals surface area contributed by atoms with Gasteiger partial charge >= 0.3 is 5.97 Å². The van der Waals surface area contributed by atoms with Crippen LogP contribution in [0.5, 0.6) is 0 Å². The van der Waals surface area contributed by atoms with Gasteiger partial charge in [0.1, 0.15) is 0 Å². The van der Waals surface area contributed by atoms with Gasteiger partial charge in [0.2, 0.25) is 5.91 Å². The standard InChI is InChI=1S/C27H34N2O3/c1-2-32-27(31)22-13-14-25(21-10-5-3-6-11-21)24(18-22)20-28-15-9-12-23(19-28)26(30)29-16-7-4-8-17-29/h3,5-6,10-11,13-14,18,23H,2,4,7-9,12,15-17,19-20H2,1H3. The van der Waals surface area contributed by atoms with E-state index in [0.29, 0.717) is 18.1 Å². The molecule has 0 N–H and O–H groups in total. The third kappa shape index (κ3) is 5.39. The van der Waals surface area contributed by atoms with Crippen LogP contribution in [0.2, 0.25) is 0 Å². The van der Waals surface area contributed by atoms with Gasteiger partial charge in [-0.15, -0.1) is 0 Å². The molecule has 1 unspecified atom stereocenters. The number of piperidine rings is 2. The minimum absolute atomic E-state index is 0.0789. The number of carbonyl (C=O) groups excluding carboxylic acids is 2. The van der Waals surface area contributed by atoms with E-state index in [1.54, 1.807) is 0 Å². The molecular weight excluding hydrogens is 400 g/mol. The van der Waals surface area contributed by atoms with Crippen LogP contribution in [-0.2, 0) is 16.1 Å². The molecule has 5 nitrogen and oxygen atoms in total. The summed E-state index contributed by atoms with van der Waals surface area (Å²) in [5, 5.41) is 0. The Morgan fingerprint density at radius 2 is 1.75 bits per heavy atom. The van der Waals surface area contributed by atoms with Gasteiger partial charge in [0, 0.05) is 26.2 Å². The van der Waals surface area contributed by atoms with Gasteiger partial charge in [0.25, 0.3) is 0 Å². The van der Waals surface area contributed by atoms with Crippen molar-refractivity contribution in [1.29, 1.82) is 0 Å². The number of ether oxygens (including phenoxy) is 1. The first-order valence-electron chi connectivity index (χ1n) is 12.0. The van der Waals surface area contributed by atoms with Gasteiger partial charge in [-0.1, -0.05) is 36.4 Å². The minimum Gasteiger partial charge on any atom is -0.462 e. The molecule has 0 bridgehead atoms. The number of hydrogen-bond acceptors (Lipinski definition) is 4. The first-order valence-corrected chi connectivity index (χ1v) is 12.0. The van der Waals surface area contributed by atoms with Crippen molar-refractivity contribution < 1.29 is 14.3 Å². The predicted octanol–water partition coefficient (Wildman–Crippen LogP) is 4.75. The van der Waals surface area contributed by atoms with E-state index in [1.165, 1.54) is 6.42 Å². The van der Waals surface area contributed by atoms with Crippen molar-refractivity contribution in [3.63, 3.8) is 0 Å². The van der Waals surface area contributed by atoms with Gasteiger partial charge in [0.05, 0.1) is 18.1 Å². The number of hydrogen-bond donors (Lipinski definition) is 0. The summed E-state index contributed by atoms with van der Waals surface area (Å²) < 4.78 is 5.23. The first kappa shape index (κ1) is 22.5. The number of carbonyl (C=O) groups is 2. The molecule has 0 radical (unpaired) electrons. The average Bonchev–Trinajstić information content (AvgIpc) is 2.85. The number of esters is 1. The Kier molecular flexibility index (Phi) is 7.59. The summed E-state index contributed by atoms with van der Waals surface area (Å²) in [5.74, 6) is 0.124. The predicted molar refractivity (Wildman–Crippen MR) is 126 cm³/mol. The fourth-order valence-corrected chi connectivity index (χ4v) is 4.98. The molecule has 2 aliphatic heterocycles. The molecule has 0 aromatic heterocycles. The fourth-order valence-electron chi connectivity index (χ4n) is 4.98. The third-order valence-electron chi connectivity index (χ3n) is 6.62. The highest BCUT2D eigenvalue weighted by atomic mass is 16.5. The van der Waals surface area contributed by atoms with Crippen LogP contribution in [0.4, 0.5) is 0 Å². The van der Waals surface area contributed by atoms with E-state index in [0.717, 1.165) is 75.1 Å². The van der Waals surface area contributed by atoms with Gasteiger partial charge in [-0.25, -0.2) is 4.79 Å². The van der Waals surface area contributed by atoms with Crippen molar-refractivity contribution >= 4 is 11.9 Å². The van der Waals surface area contributed by atoms with E-state index in [1.807, 2.05) is 43.3 Å². The lowest BCUT2D eigenvalue weighted by Crippen LogP contribution is -2.46. The van der Waals surface area contributed by atoms with Gasteiger partial charge in [-0.05, 0) is 74.4 Å². The van der Waals surface area contributed by atoms with E-state index in [-0.39, 0.29) is 11.9 Å². The normalized spacial score (nSPS) is 19.5. The average molecular weight is 435 g/mol.